The maximum absolute atomic E-state index is 6.09. The van der Waals surface area contributed by atoms with Crippen molar-refractivity contribution < 1.29 is 0 Å². The van der Waals surface area contributed by atoms with Gasteiger partial charge in [-0.3, -0.25) is 4.90 Å². The van der Waals surface area contributed by atoms with Crippen molar-refractivity contribution in [2.24, 2.45) is 0 Å². The Bertz CT molecular complexity index is 376. The van der Waals surface area contributed by atoms with Gasteiger partial charge in [-0.15, -0.1) is 0 Å². The molecule has 0 amide bonds. The van der Waals surface area contributed by atoms with Crippen molar-refractivity contribution in [2.45, 2.75) is 44.7 Å². The molecule has 0 aliphatic heterocycles. The first-order valence-electron chi connectivity index (χ1n) is 6.18. The summed E-state index contributed by atoms with van der Waals surface area (Å²) in [4.78, 5) is 6.46. The molecule has 1 heterocycles. The number of aromatic nitrogens is 1. The van der Waals surface area contributed by atoms with Crippen molar-refractivity contribution in [3.05, 3.63) is 28.0 Å². The summed E-state index contributed by atoms with van der Waals surface area (Å²) in [5, 5.41) is 0.985. The van der Waals surface area contributed by atoms with Crippen LogP contribution in [-0.2, 0) is 6.54 Å². The third-order valence-electron chi connectivity index (χ3n) is 3.51. The van der Waals surface area contributed by atoms with Gasteiger partial charge in [0.15, 0.2) is 0 Å². The lowest BCUT2D eigenvalue weighted by atomic mass is 9.94. The molecule has 1 saturated carbocycles. The van der Waals surface area contributed by atoms with Crippen LogP contribution >= 0.6 is 23.2 Å². The molecule has 0 aromatic carbocycles. The van der Waals surface area contributed by atoms with Crippen LogP contribution in [0.25, 0.3) is 0 Å². The average molecular weight is 273 g/mol. The SMILES string of the molecule is CN(Cc1ccc(Cl)nc1Cl)C1CCCCC1. The van der Waals surface area contributed by atoms with Crippen LogP contribution in [0.2, 0.25) is 10.3 Å². The number of rotatable bonds is 3. The predicted molar refractivity (Wildman–Crippen MR) is 72.6 cm³/mol. The molecule has 1 aromatic rings. The molecule has 94 valence electrons. The lowest BCUT2D eigenvalue weighted by Gasteiger charge is -2.31. The van der Waals surface area contributed by atoms with Crippen LogP contribution in [0, 0.1) is 0 Å². The zero-order valence-electron chi connectivity index (χ0n) is 10.1. The highest BCUT2D eigenvalue weighted by molar-refractivity contribution is 6.32. The van der Waals surface area contributed by atoms with Gasteiger partial charge in [0.1, 0.15) is 10.3 Å². The molecule has 0 bridgehead atoms. The standard InChI is InChI=1S/C13H18Cl2N2/c1-17(11-5-3-2-4-6-11)9-10-7-8-12(14)16-13(10)15/h7-8,11H,2-6,9H2,1H3. The third kappa shape index (κ3) is 3.57. The van der Waals surface area contributed by atoms with Gasteiger partial charge in [-0.25, -0.2) is 4.98 Å². The Morgan fingerprint density at radius 3 is 2.59 bits per heavy atom. The Morgan fingerprint density at radius 2 is 1.94 bits per heavy atom. The van der Waals surface area contributed by atoms with Gasteiger partial charge >= 0.3 is 0 Å². The molecule has 1 aliphatic rings. The highest BCUT2D eigenvalue weighted by atomic mass is 35.5. The quantitative estimate of drug-likeness (QED) is 0.769. The Morgan fingerprint density at radius 1 is 1.24 bits per heavy atom. The van der Waals surface area contributed by atoms with Crippen LogP contribution in [0.15, 0.2) is 12.1 Å². The molecule has 1 aliphatic carbocycles. The summed E-state index contributed by atoms with van der Waals surface area (Å²) < 4.78 is 0. The van der Waals surface area contributed by atoms with E-state index in [0.29, 0.717) is 16.3 Å². The van der Waals surface area contributed by atoms with E-state index in [1.54, 1.807) is 6.07 Å². The van der Waals surface area contributed by atoms with Crippen LogP contribution in [-0.4, -0.2) is 23.0 Å². The molecule has 0 unspecified atom stereocenters. The van der Waals surface area contributed by atoms with E-state index in [2.05, 4.69) is 16.9 Å². The zero-order chi connectivity index (χ0) is 12.3. The number of pyridine rings is 1. The fourth-order valence-corrected chi connectivity index (χ4v) is 2.88. The monoisotopic (exact) mass is 272 g/mol. The third-order valence-corrected chi connectivity index (χ3v) is 4.05. The van der Waals surface area contributed by atoms with Gasteiger partial charge in [-0.1, -0.05) is 48.5 Å². The van der Waals surface area contributed by atoms with Crippen molar-refractivity contribution in [1.82, 2.24) is 9.88 Å². The minimum Gasteiger partial charge on any atom is -0.299 e. The molecule has 17 heavy (non-hydrogen) atoms. The summed E-state index contributed by atoms with van der Waals surface area (Å²) in [5.41, 5.74) is 1.06. The minimum atomic E-state index is 0.457. The topological polar surface area (TPSA) is 16.1 Å². The lowest BCUT2D eigenvalue weighted by molar-refractivity contribution is 0.184. The molecule has 0 atom stereocenters. The first-order chi connectivity index (χ1) is 8.16. The largest absolute Gasteiger partial charge is 0.299 e. The van der Waals surface area contributed by atoms with Crippen LogP contribution < -0.4 is 0 Å². The van der Waals surface area contributed by atoms with Crippen molar-refractivity contribution in [1.29, 1.82) is 0 Å². The molecular weight excluding hydrogens is 255 g/mol. The number of hydrogen-bond donors (Lipinski definition) is 0. The highest BCUT2D eigenvalue weighted by Crippen LogP contribution is 2.24. The molecule has 0 radical (unpaired) electrons. The van der Waals surface area contributed by atoms with Gasteiger partial charge in [0.2, 0.25) is 0 Å². The number of halogens is 2. The molecule has 2 rings (SSSR count). The Hall–Kier alpha value is -0.310. The zero-order valence-corrected chi connectivity index (χ0v) is 11.6. The van der Waals surface area contributed by atoms with Crippen molar-refractivity contribution in [3.63, 3.8) is 0 Å². The van der Waals surface area contributed by atoms with E-state index in [9.17, 15) is 0 Å². The maximum Gasteiger partial charge on any atom is 0.135 e. The van der Waals surface area contributed by atoms with Crippen molar-refractivity contribution in [3.8, 4) is 0 Å². The second-order valence-corrected chi connectivity index (χ2v) is 5.54. The van der Waals surface area contributed by atoms with Crippen molar-refractivity contribution in [2.75, 3.05) is 7.05 Å². The van der Waals surface area contributed by atoms with Gasteiger partial charge in [0.05, 0.1) is 0 Å². The molecule has 2 nitrogen and oxygen atoms in total. The van der Waals surface area contributed by atoms with E-state index in [1.807, 2.05) is 6.07 Å². The minimum absolute atomic E-state index is 0.457. The van der Waals surface area contributed by atoms with E-state index in [-0.39, 0.29) is 0 Å². The van der Waals surface area contributed by atoms with E-state index >= 15 is 0 Å². The summed E-state index contributed by atoms with van der Waals surface area (Å²) in [6.07, 6.45) is 6.68. The second-order valence-electron chi connectivity index (χ2n) is 4.79. The molecule has 4 heteroatoms. The van der Waals surface area contributed by atoms with Crippen LogP contribution in [0.5, 0.6) is 0 Å². The van der Waals surface area contributed by atoms with E-state index in [1.165, 1.54) is 32.1 Å². The smallest absolute Gasteiger partial charge is 0.135 e. The molecule has 1 fully saturated rings. The average Bonchev–Trinajstić information content (AvgIpc) is 2.34. The van der Waals surface area contributed by atoms with Crippen molar-refractivity contribution >= 4 is 23.2 Å². The fourth-order valence-electron chi connectivity index (χ4n) is 2.48. The van der Waals surface area contributed by atoms with Gasteiger partial charge < -0.3 is 0 Å². The van der Waals surface area contributed by atoms with Crippen LogP contribution in [0.4, 0.5) is 0 Å². The number of hydrogen-bond acceptors (Lipinski definition) is 2. The van der Waals surface area contributed by atoms with Crippen LogP contribution in [0.1, 0.15) is 37.7 Å². The summed E-state index contributed by atoms with van der Waals surface area (Å²) in [5.74, 6) is 0. The van der Waals surface area contributed by atoms with Gasteiger partial charge in [-0.2, -0.15) is 0 Å². The molecule has 0 saturated heterocycles. The van der Waals surface area contributed by atoms with E-state index in [4.69, 9.17) is 23.2 Å². The van der Waals surface area contributed by atoms with Gasteiger partial charge in [0, 0.05) is 18.2 Å². The first kappa shape index (κ1) is 13.1. The molecular formula is C13H18Cl2N2. The van der Waals surface area contributed by atoms with E-state index in [0.717, 1.165) is 12.1 Å². The van der Waals surface area contributed by atoms with E-state index < -0.39 is 0 Å². The highest BCUT2D eigenvalue weighted by Gasteiger charge is 2.18. The van der Waals surface area contributed by atoms with Crippen LogP contribution in [0.3, 0.4) is 0 Å². The summed E-state index contributed by atoms with van der Waals surface area (Å²) in [6, 6.07) is 4.46. The second kappa shape index (κ2) is 6.03. The fraction of sp³-hybridized carbons (Fsp3) is 0.615. The summed E-state index contributed by atoms with van der Waals surface area (Å²) in [7, 11) is 2.17. The molecule has 0 N–H and O–H groups in total. The Labute approximate surface area is 113 Å². The predicted octanol–water partition coefficient (Wildman–Crippen LogP) is 4.15. The number of nitrogens with zero attached hydrogens (tertiary/aromatic N) is 2. The molecule has 1 aromatic heterocycles. The first-order valence-corrected chi connectivity index (χ1v) is 6.93. The summed E-state index contributed by atoms with van der Waals surface area (Å²) in [6.45, 7) is 0.855. The Balaban J connectivity index is 1.99. The van der Waals surface area contributed by atoms with Gasteiger partial charge in [0.25, 0.3) is 0 Å². The molecule has 0 spiro atoms. The maximum atomic E-state index is 6.09. The Kier molecular flexibility index (Phi) is 4.66. The summed E-state index contributed by atoms with van der Waals surface area (Å²) >= 11 is 11.9. The van der Waals surface area contributed by atoms with Gasteiger partial charge in [-0.05, 0) is 26.0 Å². The normalized spacial score (nSPS) is 17.6. The lowest BCUT2D eigenvalue weighted by Crippen LogP contribution is -2.32.